The third-order valence-electron chi connectivity index (χ3n) is 5.78. The first kappa shape index (κ1) is 16.2. The van der Waals surface area contributed by atoms with E-state index in [0.717, 1.165) is 42.0 Å². The summed E-state index contributed by atoms with van der Waals surface area (Å²) in [5.74, 6) is 1.09. The van der Waals surface area contributed by atoms with E-state index in [0.29, 0.717) is 6.42 Å². The summed E-state index contributed by atoms with van der Waals surface area (Å²) in [6.45, 7) is 2.84. The number of aryl methyl sites for hydroxylation is 1. The van der Waals surface area contributed by atoms with Crippen molar-refractivity contribution in [2.45, 2.75) is 26.2 Å². The van der Waals surface area contributed by atoms with E-state index in [1.807, 2.05) is 11.0 Å². The Balaban J connectivity index is 1.77. The average molecular weight is 358 g/mol. The standard InChI is InChI=1S/C23H22N2O2/c1-14-3-5-15(6-4-14)17-8-10-21(26)25-12-11-18-19-13-16(27-2)7-9-20(19)24-22(18)23(17)25/h3-7,9,13,24H,8,10-12H2,1-2H3. The van der Waals surface area contributed by atoms with Gasteiger partial charge < -0.3 is 14.6 Å². The molecule has 0 bridgehead atoms. The smallest absolute Gasteiger partial charge is 0.227 e. The lowest BCUT2D eigenvalue weighted by Crippen LogP contribution is -2.37. The molecule has 1 aromatic heterocycles. The predicted octanol–water partition coefficient (Wildman–Crippen LogP) is 4.53. The molecule has 4 heteroatoms. The molecule has 2 aliphatic rings. The quantitative estimate of drug-likeness (QED) is 0.731. The molecule has 0 aliphatic carbocycles. The van der Waals surface area contributed by atoms with E-state index < -0.39 is 0 Å². The van der Waals surface area contributed by atoms with Crippen molar-refractivity contribution in [1.29, 1.82) is 0 Å². The second-order valence-electron chi connectivity index (χ2n) is 7.38. The van der Waals surface area contributed by atoms with Crippen LogP contribution in [0, 0.1) is 6.92 Å². The van der Waals surface area contributed by atoms with E-state index >= 15 is 0 Å². The summed E-state index contributed by atoms with van der Waals surface area (Å²) in [6, 6.07) is 14.8. The van der Waals surface area contributed by atoms with Crippen molar-refractivity contribution in [1.82, 2.24) is 9.88 Å². The highest BCUT2D eigenvalue weighted by molar-refractivity contribution is 6.04. The number of amides is 1. The van der Waals surface area contributed by atoms with Crippen molar-refractivity contribution in [3.8, 4) is 5.75 Å². The van der Waals surface area contributed by atoms with Crippen molar-refractivity contribution in [3.63, 3.8) is 0 Å². The molecule has 0 fully saturated rings. The maximum Gasteiger partial charge on any atom is 0.227 e. The van der Waals surface area contributed by atoms with Gasteiger partial charge in [0.2, 0.25) is 5.91 Å². The van der Waals surface area contributed by atoms with Crippen LogP contribution in [0.3, 0.4) is 0 Å². The number of nitrogens with zero attached hydrogens (tertiary/aromatic N) is 1. The first-order valence-electron chi connectivity index (χ1n) is 9.45. The van der Waals surface area contributed by atoms with Crippen LogP contribution in [0.2, 0.25) is 0 Å². The number of rotatable bonds is 2. The second-order valence-corrected chi connectivity index (χ2v) is 7.38. The highest BCUT2D eigenvalue weighted by Crippen LogP contribution is 2.43. The normalized spacial score (nSPS) is 16.5. The molecule has 0 spiro atoms. The van der Waals surface area contributed by atoms with E-state index in [1.54, 1.807) is 7.11 Å². The molecule has 0 saturated heterocycles. The zero-order chi connectivity index (χ0) is 18.5. The van der Waals surface area contributed by atoms with Gasteiger partial charge in [0, 0.05) is 23.9 Å². The van der Waals surface area contributed by atoms with E-state index in [1.165, 1.54) is 27.6 Å². The zero-order valence-electron chi connectivity index (χ0n) is 15.6. The lowest BCUT2D eigenvalue weighted by Gasteiger charge is -2.35. The minimum atomic E-state index is 0.225. The van der Waals surface area contributed by atoms with Crippen molar-refractivity contribution in [3.05, 3.63) is 64.8 Å². The van der Waals surface area contributed by atoms with Crippen LogP contribution in [0.15, 0.2) is 42.5 Å². The Hall–Kier alpha value is -3.01. The van der Waals surface area contributed by atoms with Crippen molar-refractivity contribution >= 4 is 28.1 Å². The summed E-state index contributed by atoms with van der Waals surface area (Å²) in [5.41, 5.74) is 8.24. The van der Waals surface area contributed by atoms with Gasteiger partial charge in [-0.25, -0.2) is 0 Å². The Bertz CT molecular complexity index is 1090. The van der Waals surface area contributed by atoms with Crippen LogP contribution in [-0.4, -0.2) is 29.4 Å². The third kappa shape index (κ3) is 2.47. The molecule has 2 aliphatic heterocycles. The Morgan fingerprint density at radius 1 is 1.04 bits per heavy atom. The SMILES string of the molecule is COc1ccc2[nH]c3c(c2c1)CCN1C(=O)CCC(c2ccc(C)cc2)=C31. The molecule has 0 unspecified atom stereocenters. The summed E-state index contributed by atoms with van der Waals surface area (Å²) in [6.07, 6.45) is 2.22. The lowest BCUT2D eigenvalue weighted by atomic mass is 9.88. The maximum absolute atomic E-state index is 12.6. The first-order chi connectivity index (χ1) is 13.2. The van der Waals surface area contributed by atoms with Gasteiger partial charge >= 0.3 is 0 Å². The molecule has 3 heterocycles. The molecule has 136 valence electrons. The summed E-state index contributed by atoms with van der Waals surface area (Å²) in [5, 5.41) is 1.19. The van der Waals surface area contributed by atoms with Crippen molar-refractivity contribution in [2.24, 2.45) is 0 Å². The molecule has 3 aromatic rings. The molecular weight excluding hydrogens is 336 g/mol. The van der Waals surface area contributed by atoms with Crippen molar-refractivity contribution in [2.75, 3.05) is 13.7 Å². The molecule has 0 atom stereocenters. The van der Waals surface area contributed by atoms with Crippen LogP contribution < -0.4 is 4.74 Å². The summed E-state index contributed by atoms with van der Waals surface area (Å²) in [4.78, 5) is 18.2. The van der Waals surface area contributed by atoms with Gasteiger partial charge in [-0.15, -0.1) is 0 Å². The van der Waals surface area contributed by atoms with Gasteiger partial charge in [0.1, 0.15) is 5.75 Å². The molecular formula is C23H22N2O2. The average Bonchev–Trinajstić information content (AvgIpc) is 3.07. The number of hydrogen-bond donors (Lipinski definition) is 1. The number of aromatic amines is 1. The molecule has 0 saturated carbocycles. The minimum absolute atomic E-state index is 0.225. The highest BCUT2D eigenvalue weighted by atomic mass is 16.5. The van der Waals surface area contributed by atoms with Crippen LogP contribution in [0.4, 0.5) is 0 Å². The molecule has 5 rings (SSSR count). The van der Waals surface area contributed by atoms with E-state index in [-0.39, 0.29) is 5.91 Å². The highest BCUT2D eigenvalue weighted by Gasteiger charge is 2.34. The number of nitrogens with one attached hydrogen (secondary N) is 1. The van der Waals surface area contributed by atoms with Gasteiger partial charge in [0.15, 0.2) is 0 Å². The van der Waals surface area contributed by atoms with Gasteiger partial charge in [-0.1, -0.05) is 29.8 Å². The number of fused-ring (bicyclic) bond motifs is 5. The molecule has 4 nitrogen and oxygen atoms in total. The topological polar surface area (TPSA) is 45.3 Å². The molecule has 27 heavy (non-hydrogen) atoms. The molecule has 2 aromatic carbocycles. The van der Waals surface area contributed by atoms with E-state index in [2.05, 4.69) is 48.3 Å². The Morgan fingerprint density at radius 3 is 2.63 bits per heavy atom. The van der Waals surface area contributed by atoms with Crippen molar-refractivity contribution < 1.29 is 9.53 Å². The van der Waals surface area contributed by atoms with Crippen LogP contribution in [0.1, 0.15) is 35.2 Å². The maximum atomic E-state index is 12.6. The number of allylic oxidation sites excluding steroid dienone is 1. The monoisotopic (exact) mass is 358 g/mol. The number of benzene rings is 2. The second kappa shape index (κ2) is 6.02. The van der Waals surface area contributed by atoms with Gasteiger partial charge in [0.25, 0.3) is 0 Å². The van der Waals surface area contributed by atoms with Crippen LogP contribution in [-0.2, 0) is 11.2 Å². The first-order valence-corrected chi connectivity index (χ1v) is 9.45. The Kier molecular flexibility index (Phi) is 3.61. The number of ether oxygens (including phenoxy) is 1. The summed E-state index contributed by atoms with van der Waals surface area (Å²) in [7, 11) is 1.69. The van der Waals surface area contributed by atoms with Gasteiger partial charge in [-0.05, 0) is 54.7 Å². The number of H-pyrrole nitrogens is 1. The summed E-state index contributed by atoms with van der Waals surface area (Å²) < 4.78 is 5.42. The molecule has 0 radical (unpaired) electrons. The fraction of sp³-hybridized carbons (Fsp3) is 0.261. The largest absolute Gasteiger partial charge is 0.497 e. The Labute approximate surface area is 158 Å². The van der Waals surface area contributed by atoms with E-state index in [9.17, 15) is 4.79 Å². The van der Waals surface area contributed by atoms with Gasteiger partial charge in [0.05, 0.1) is 18.5 Å². The summed E-state index contributed by atoms with van der Waals surface area (Å²) >= 11 is 0. The van der Waals surface area contributed by atoms with Crippen LogP contribution >= 0.6 is 0 Å². The minimum Gasteiger partial charge on any atom is -0.497 e. The fourth-order valence-corrected chi connectivity index (χ4v) is 4.37. The number of methoxy groups -OCH3 is 1. The molecule has 1 amide bonds. The number of carbonyl (C=O) groups is 1. The van der Waals surface area contributed by atoms with Gasteiger partial charge in [-0.2, -0.15) is 0 Å². The van der Waals surface area contributed by atoms with E-state index in [4.69, 9.17) is 4.74 Å². The number of carbonyl (C=O) groups excluding carboxylic acids is 1. The van der Waals surface area contributed by atoms with Gasteiger partial charge in [-0.3, -0.25) is 4.79 Å². The molecule has 1 N–H and O–H groups in total. The lowest BCUT2D eigenvalue weighted by molar-refractivity contribution is -0.128. The zero-order valence-corrected chi connectivity index (χ0v) is 15.6. The number of aromatic nitrogens is 1. The van der Waals surface area contributed by atoms with Crippen LogP contribution in [0.5, 0.6) is 5.75 Å². The number of hydrogen-bond acceptors (Lipinski definition) is 2. The van der Waals surface area contributed by atoms with Crippen LogP contribution in [0.25, 0.3) is 22.2 Å². The Morgan fingerprint density at radius 2 is 1.85 bits per heavy atom. The third-order valence-corrected chi connectivity index (χ3v) is 5.78. The fourth-order valence-electron chi connectivity index (χ4n) is 4.37. The predicted molar refractivity (Wildman–Crippen MR) is 107 cm³/mol.